The van der Waals surface area contributed by atoms with Gasteiger partial charge in [0.25, 0.3) is 5.91 Å². The number of carbonyl (C=O) groups excluding carboxylic acids is 1. The highest BCUT2D eigenvalue weighted by Gasteiger charge is 2.14. The van der Waals surface area contributed by atoms with Crippen molar-refractivity contribution in [2.24, 2.45) is 5.73 Å². The van der Waals surface area contributed by atoms with Gasteiger partial charge >= 0.3 is 0 Å². The van der Waals surface area contributed by atoms with E-state index in [9.17, 15) is 4.79 Å². The summed E-state index contributed by atoms with van der Waals surface area (Å²) < 4.78 is 7.06. The van der Waals surface area contributed by atoms with Crippen LogP contribution in [0.5, 0.6) is 5.75 Å². The summed E-state index contributed by atoms with van der Waals surface area (Å²) in [6.45, 7) is 0. The number of ether oxygens (including phenoxy) is 1. The van der Waals surface area contributed by atoms with Gasteiger partial charge in [0, 0.05) is 29.5 Å². The van der Waals surface area contributed by atoms with Crippen LogP contribution in [0.3, 0.4) is 0 Å². The van der Waals surface area contributed by atoms with Crippen LogP contribution in [0.2, 0.25) is 0 Å². The summed E-state index contributed by atoms with van der Waals surface area (Å²) >= 11 is 0. The molecule has 7 heteroatoms. The van der Waals surface area contributed by atoms with Crippen molar-refractivity contribution < 1.29 is 9.53 Å². The molecule has 0 saturated heterocycles. The van der Waals surface area contributed by atoms with Crippen molar-refractivity contribution in [3.05, 3.63) is 72.6 Å². The Hall–Kier alpha value is -3.87. The fourth-order valence-corrected chi connectivity index (χ4v) is 2.94. The maximum atomic E-state index is 11.8. The molecule has 4 aromatic rings. The lowest BCUT2D eigenvalue weighted by atomic mass is 10.2. The minimum absolute atomic E-state index is 0.430. The van der Waals surface area contributed by atoms with Gasteiger partial charge in [0.1, 0.15) is 11.6 Å². The molecule has 0 spiro atoms. The minimum Gasteiger partial charge on any atom is -0.497 e. The van der Waals surface area contributed by atoms with E-state index >= 15 is 0 Å². The maximum absolute atomic E-state index is 11.8. The quantitative estimate of drug-likeness (QED) is 0.570. The Kier molecular flexibility index (Phi) is 4.18. The zero-order valence-corrected chi connectivity index (χ0v) is 14.6. The molecule has 0 aliphatic rings. The number of rotatable bonds is 5. The predicted octanol–water partition coefficient (Wildman–Crippen LogP) is 3.27. The number of benzene rings is 2. The number of hydrogen-bond donors (Lipinski definition) is 2. The van der Waals surface area contributed by atoms with Crippen molar-refractivity contribution in [1.82, 2.24) is 14.5 Å². The number of para-hydroxylation sites is 1. The first kappa shape index (κ1) is 16.6. The van der Waals surface area contributed by atoms with E-state index in [0.29, 0.717) is 17.3 Å². The number of nitrogens with zero attached hydrogens (tertiary/aromatic N) is 3. The lowest BCUT2D eigenvalue weighted by Gasteiger charge is -2.09. The Balaban J connectivity index is 1.75. The van der Waals surface area contributed by atoms with E-state index in [2.05, 4.69) is 15.3 Å². The lowest BCUT2D eigenvalue weighted by Crippen LogP contribution is -2.10. The Labute approximate surface area is 155 Å². The fourth-order valence-electron chi connectivity index (χ4n) is 2.94. The third kappa shape index (κ3) is 3.18. The number of nitrogens with one attached hydrogen (secondary N) is 1. The Morgan fingerprint density at radius 3 is 2.81 bits per heavy atom. The molecule has 7 nitrogen and oxygen atoms in total. The second kappa shape index (κ2) is 6.80. The summed E-state index contributed by atoms with van der Waals surface area (Å²) in [5, 5.41) is 3.94. The van der Waals surface area contributed by atoms with Gasteiger partial charge in [0.05, 0.1) is 18.2 Å². The van der Waals surface area contributed by atoms with Gasteiger partial charge in [-0.15, -0.1) is 0 Å². The Morgan fingerprint density at radius 2 is 2.00 bits per heavy atom. The van der Waals surface area contributed by atoms with Gasteiger partial charge < -0.3 is 20.4 Å². The highest BCUT2D eigenvalue weighted by atomic mass is 16.5. The average molecular weight is 359 g/mol. The van der Waals surface area contributed by atoms with E-state index in [1.165, 1.54) is 0 Å². The summed E-state index contributed by atoms with van der Waals surface area (Å²) in [5.41, 5.74) is 7.62. The van der Waals surface area contributed by atoms with Gasteiger partial charge in [-0.25, -0.2) is 4.98 Å². The zero-order valence-electron chi connectivity index (χ0n) is 14.6. The number of methoxy groups -OCH3 is 1. The van der Waals surface area contributed by atoms with Crippen LogP contribution in [-0.4, -0.2) is 27.6 Å². The number of nitrogens with two attached hydrogens (primary N) is 1. The molecule has 1 amide bonds. The highest BCUT2D eigenvalue weighted by molar-refractivity contribution is 6.06. The number of primary amides is 1. The number of amides is 1. The number of hydrogen-bond acceptors (Lipinski definition) is 5. The van der Waals surface area contributed by atoms with Crippen molar-refractivity contribution in [3.8, 4) is 11.6 Å². The van der Waals surface area contributed by atoms with E-state index in [0.717, 1.165) is 22.3 Å². The average Bonchev–Trinajstić information content (AvgIpc) is 3.08. The first-order valence-electron chi connectivity index (χ1n) is 8.30. The second-order valence-corrected chi connectivity index (χ2v) is 5.89. The predicted molar refractivity (Wildman–Crippen MR) is 104 cm³/mol. The third-order valence-electron chi connectivity index (χ3n) is 4.19. The van der Waals surface area contributed by atoms with E-state index in [-0.39, 0.29) is 0 Å². The summed E-state index contributed by atoms with van der Waals surface area (Å²) in [4.78, 5) is 20.6. The van der Waals surface area contributed by atoms with Crippen LogP contribution in [-0.2, 0) is 0 Å². The number of fused-ring (bicyclic) bond motifs is 1. The third-order valence-corrected chi connectivity index (χ3v) is 4.19. The van der Waals surface area contributed by atoms with Gasteiger partial charge in [-0.3, -0.25) is 4.79 Å². The van der Waals surface area contributed by atoms with Crippen LogP contribution in [0, 0.1) is 0 Å². The first-order valence-corrected chi connectivity index (χ1v) is 8.30. The van der Waals surface area contributed by atoms with Crippen LogP contribution in [0.1, 0.15) is 10.4 Å². The van der Waals surface area contributed by atoms with Crippen LogP contribution < -0.4 is 15.8 Å². The van der Waals surface area contributed by atoms with E-state index in [1.54, 1.807) is 25.6 Å². The van der Waals surface area contributed by atoms with Gasteiger partial charge in [-0.2, -0.15) is 4.98 Å². The van der Waals surface area contributed by atoms with E-state index < -0.39 is 5.91 Å². The van der Waals surface area contributed by atoms with Gasteiger partial charge in [0.15, 0.2) is 0 Å². The van der Waals surface area contributed by atoms with E-state index in [4.69, 9.17) is 10.5 Å². The van der Waals surface area contributed by atoms with Crippen LogP contribution in [0.15, 0.2) is 67.0 Å². The fraction of sp³-hybridized carbons (Fsp3) is 0.0500. The van der Waals surface area contributed by atoms with E-state index in [1.807, 2.05) is 53.1 Å². The molecule has 2 heterocycles. The zero-order chi connectivity index (χ0) is 18.8. The highest BCUT2D eigenvalue weighted by Crippen LogP contribution is 2.25. The van der Waals surface area contributed by atoms with Crippen LogP contribution in [0.4, 0.5) is 11.6 Å². The molecular weight excluding hydrogens is 342 g/mol. The monoisotopic (exact) mass is 359 g/mol. The molecule has 2 aromatic heterocycles. The molecule has 27 heavy (non-hydrogen) atoms. The summed E-state index contributed by atoms with van der Waals surface area (Å²) in [6, 6.07) is 16.8. The van der Waals surface area contributed by atoms with Gasteiger partial charge in [-0.1, -0.05) is 24.3 Å². The molecule has 0 bridgehead atoms. The summed E-state index contributed by atoms with van der Waals surface area (Å²) in [5.74, 6) is 1.31. The van der Waals surface area contributed by atoms with Crippen molar-refractivity contribution >= 4 is 28.4 Å². The summed E-state index contributed by atoms with van der Waals surface area (Å²) in [6.07, 6.45) is 3.36. The number of carbonyl (C=O) groups is 1. The molecule has 4 rings (SSSR count). The molecule has 2 aromatic carbocycles. The largest absolute Gasteiger partial charge is 0.497 e. The molecule has 0 saturated carbocycles. The lowest BCUT2D eigenvalue weighted by molar-refractivity contribution is 0.100. The molecular formula is C20H17N5O2. The molecule has 0 aliphatic carbocycles. The Bertz CT molecular complexity index is 1140. The smallest absolute Gasteiger partial charge is 0.250 e. The molecule has 0 unspecified atom stereocenters. The maximum Gasteiger partial charge on any atom is 0.250 e. The summed E-state index contributed by atoms with van der Waals surface area (Å²) in [7, 11) is 1.61. The number of anilines is 2. The standard InChI is InChI=1S/C20H17N5O2/c1-27-14-6-4-5-13(11-14)23-20-22-10-9-18(24-20)25-12-16(19(21)26)15-7-2-3-8-17(15)25/h2-12H,1H3,(H2,21,26)(H,22,23,24). The van der Waals surface area contributed by atoms with Crippen molar-refractivity contribution in [1.29, 1.82) is 0 Å². The first-order chi connectivity index (χ1) is 13.2. The second-order valence-electron chi connectivity index (χ2n) is 5.89. The SMILES string of the molecule is COc1cccc(Nc2nccc(-n3cc(C(N)=O)c4ccccc43)n2)c1. The molecule has 0 atom stereocenters. The van der Waals surface area contributed by atoms with Crippen molar-refractivity contribution in [3.63, 3.8) is 0 Å². The van der Waals surface area contributed by atoms with Crippen molar-refractivity contribution in [2.45, 2.75) is 0 Å². The van der Waals surface area contributed by atoms with Crippen molar-refractivity contribution in [2.75, 3.05) is 12.4 Å². The molecule has 134 valence electrons. The Morgan fingerprint density at radius 1 is 1.15 bits per heavy atom. The topological polar surface area (TPSA) is 95.1 Å². The van der Waals surface area contributed by atoms with Crippen LogP contribution >= 0.6 is 0 Å². The normalized spacial score (nSPS) is 10.7. The molecule has 3 N–H and O–H groups in total. The number of aromatic nitrogens is 3. The molecule has 0 radical (unpaired) electrons. The minimum atomic E-state index is -0.478. The molecule has 0 fully saturated rings. The molecule has 0 aliphatic heterocycles. The van der Waals surface area contributed by atoms with Gasteiger partial charge in [0.2, 0.25) is 5.95 Å². The van der Waals surface area contributed by atoms with Gasteiger partial charge in [-0.05, 0) is 24.3 Å². The van der Waals surface area contributed by atoms with Crippen LogP contribution in [0.25, 0.3) is 16.7 Å².